The minimum Gasteiger partial charge on any atom is -0.380 e. The quantitative estimate of drug-likeness (QED) is 0.612. The number of rotatable bonds is 2. The van der Waals surface area contributed by atoms with Gasteiger partial charge in [-0.25, -0.2) is 4.79 Å². The zero-order chi connectivity index (χ0) is 10.6. The maximum atomic E-state index is 11.9. The molecule has 0 aromatic heterocycles. The third-order valence-corrected chi connectivity index (χ3v) is 3.48. The van der Waals surface area contributed by atoms with Crippen LogP contribution in [0.15, 0.2) is 0 Å². The number of imide groups is 1. The van der Waals surface area contributed by atoms with E-state index in [2.05, 4.69) is 0 Å². The summed E-state index contributed by atoms with van der Waals surface area (Å²) < 4.78 is 5.19. The van der Waals surface area contributed by atoms with Gasteiger partial charge in [0.15, 0.2) is 0 Å². The van der Waals surface area contributed by atoms with Gasteiger partial charge in [0, 0.05) is 26.1 Å². The van der Waals surface area contributed by atoms with Gasteiger partial charge in [0.25, 0.3) is 5.91 Å². The molecular weight excluding hydrogens is 196 g/mol. The van der Waals surface area contributed by atoms with Crippen molar-refractivity contribution in [2.75, 3.05) is 13.7 Å². The summed E-state index contributed by atoms with van der Waals surface area (Å²) in [6, 6.07) is -0.160. The highest BCUT2D eigenvalue weighted by Gasteiger charge is 2.54. The van der Waals surface area contributed by atoms with Crippen molar-refractivity contribution in [3.63, 3.8) is 0 Å². The number of nitrogens with zero attached hydrogens (tertiary/aromatic N) is 2. The predicted molar refractivity (Wildman–Crippen MR) is 51.2 cm³/mol. The van der Waals surface area contributed by atoms with Crippen molar-refractivity contribution in [1.29, 1.82) is 0 Å². The van der Waals surface area contributed by atoms with Crippen molar-refractivity contribution in [3.8, 4) is 0 Å². The fourth-order valence-electron chi connectivity index (χ4n) is 2.48. The molecule has 2 unspecified atom stereocenters. The maximum absolute atomic E-state index is 11.9. The molecule has 3 aliphatic rings. The van der Waals surface area contributed by atoms with E-state index in [0.717, 1.165) is 12.8 Å². The summed E-state index contributed by atoms with van der Waals surface area (Å²) in [7, 11) is 1.63. The van der Waals surface area contributed by atoms with Gasteiger partial charge in [-0.3, -0.25) is 9.69 Å². The summed E-state index contributed by atoms with van der Waals surface area (Å²) in [5.41, 5.74) is 0. The van der Waals surface area contributed by atoms with Crippen LogP contribution >= 0.6 is 0 Å². The van der Waals surface area contributed by atoms with Crippen LogP contribution in [0, 0.1) is 0 Å². The van der Waals surface area contributed by atoms with Crippen LogP contribution in [0.2, 0.25) is 0 Å². The Balaban J connectivity index is 1.82. The first-order valence-electron chi connectivity index (χ1n) is 5.39. The minimum absolute atomic E-state index is 0.0120. The molecule has 5 nitrogen and oxygen atoms in total. The third kappa shape index (κ3) is 1.19. The van der Waals surface area contributed by atoms with Crippen LogP contribution in [0.5, 0.6) is 0 Å². The lowest BCUT2D eigenvalue weighted by Gasteiger charge is -2.16. The minimum atomic E-state index is -0.247. The van der Waals surface area contributed by atoms with Gasteiger partial charge in [-0.1, -0.05) is 0 Å². The van der Waals surface area contributed by atoms with Gasteiger partial charge in [-0.05, 0) is 12.8 Å². The van der Waals surface area contributed by atoms with E-state index in [1.165, 1.54) is 4.90 Å². The molecule has 0 aromatic carbocycles. The van der Waals surface area contributed by atoms with Crippen molar-refractivity contribution in [2.45, 2.75) is 37.5 Å². The first-order valence-corrected chi connectivity index (χ1v) is 5.39. The summed E-state index contributed by atoms with van der Waals surface area (Å²) in [5, 5.41) is 0. The molecule has 3 rings (SSSR count). The second-order valence-corrected chi connectivity index (χ2v) is 4.48. The first-order chi connectivity index (χ1) is 7.22. The Labute approximate surface area is 88.0 Å². The van der Waals surface area contributed by atoms with Gasteiger partial charge >= 0.3 is 6.03 Å². The lowest BCUT2D eigenvalue weighted by Crippen LogP contribution is -2.36. The molecule has 15 heavy (non-hydrogen) atoms. The average molecular weight is 210 g/mol. The topological polar surface area (TPSA) is 49.9 Å². The number of urea groups is 1. The molecule has 5 heteroatoms. The largest absolute Gasteiger partial charge is 0.380 e. The lowest BCUT2D eigenvalue weighted by molar-refractivity contribution is -0.128. The molecule has 0 bridgehead atoms. The van der Waals surface area contributed by atoms with Crippen molar-refractivity contribution in [1.82, 2.24) is 9.80 Å². The predicted octanol–water partition coefficient (Wildman–Crippen LogP) is 0.200. The highest BCUT2D eigenvalue weighted by atomic mass is 16.5. The number of ether oxygens (including phenoxy) is 1. The Morgan fingerprint density at radius 3 is 2.60 bits per heavy atom. The second-order valence-electron chi connectivity index (χ2n) is 4.48. The van der Waals surface area contributed by atoms with Crippen LogP contribution in [-0.4, -0.2) is 53.6 Å². The summed E-state index contributed by atoms with van der Waals surface area (Å²) >= 11 is 0. The van der Waals surface area contributed by atoms with E-state index in [0.29, 0.717) is 13.0 Å². The van der Waals surface area contributed by atoms with E-state index < -0.39 is 0 Å². The van der Waals surface area contributed by atoms with E-state index >= 15 is 0 Å². The molecule has 2 aliphatic heterocycles. The zero-order valence-electron chi connectivity index (χ0n) is 8.68. The summed E-state index contributed by atoms with van der Waals surface area (Å²) in [6.07, 6.45) is 2.64. The Morgan fingerprint density at radius 2 is 2.07 bits per heavy atom. The summed E-state index contributed by atoms with van der Waals surface area (Å²) in [6.45, 7) is 0.564. The van der Waals surface area contributed by atoms with Crippen LogP contribution in [-0.2, 0) is 9.53 Å². The molecule has 0 aromatic rings. The van der Waals surface area contributed by atoms with Crippen LogP contribution in [0.25, 0.3) is 0 Å². The Morgan fingerprint density at radius 1 is 1.33 bits per heavy atom. The molecule has 82 valence electrons. The van der Waals surface area contributed by atoms with Crippen LogP contribution in [0.3, 0.4) is 0 Å². The van der Waals surface area contributed by atoms with Gasteiger partial charge < -0.3 is 9.64 Å². The van der Waals surface area contributed by atoms with Crippen molar-refractivity contribution in [2.24, 2.45) is 0 Å². The third-order valence-electron chi connectivity index (χ3n) is 3.48. The van der Waals surface area contributed by atoms with Gasteiger partial charge in [-0.2, -0.15) is 0 Å². The molecule has 2 heterocycles. The monoisotopic (exact) mass is 210 g/mol. The Hall–Kier alpha value is -1.10. The van der Waals surface area contributed by atoms with Crippen molar-refractivity contribution < 1.29 is 14.3 Å². The molecule has 3 fully saturated rings. The molecule has 1 aliphatic carbocycles. The highest BCUT2D eigenvalue weighted by molar-refractivity contribution is 6.05. The SMILES string of the molecule is COC1CC2C(=O)N(C3CC3)C(=O)N2C1. The molecule has 0 N–H and O–H groups in total. The standard InChI is InChI=1S/C10H14N2O3/c1-15-7-4-8-9(13)12(6-2-3-6)10(14)11(8)5-7/h6-8H,2-5H2,1H3. The van der Waals surface area contributed by atoms with E-state index in [4.69, 9.17) is 4.74 Å². The molecular formula is C10H14N2O3. The summed E-state index contributed by atoms with van der Waals surface area (Å²) in [4.78, 5) is 27.0. The normalized spacial score (nSPS) is 35.3. The van der Waals surface area contributed by atoms with E-state index in [1.807, 2.05) is 0 Å². The summed E-state index contributed by atoms with van der Waals surface area (Å²) in [5.74, 6) is -0.0120. The maximum Gasteiger partial charge on any atom is 0.327 e. The highest BCUT2D eigenvalue weighted by Crippen LogP contribution is 2.36. The number of amides is 3. The van der Waals surface area contributed by atoms with E-state index in [-0.39, 0.29) is 30.1 Å². The van der Waals surface area contributed by atoms with Gasteiger partial charge in [0.2, 0.25) is 0 Å². The number of hydrogen-bond acceptors (Lipinski definition) is 3. The number of methoxy groups -OCH3 is 1. The number of carbonyl (C=O) groups excluding carboxylic acids is 2. The fraction of sp³-hybridized carbons (Fsp3) is 0.800. The van der Waals surface area contributed by atoms with Crippen LogP contribution in [0.1, 0.15) is 19.3 Å². The van der Waals surface area contributed by atoms with Gasteiger partial charge in [-0.15, -0.1) is 0 Å². The molecule has 0 spiro atoms. The first kappa shape index (κ1) is 9.15. The van der Waals surface area contributed by atoms with Crippen molar-refractivity contribution in [3.05, 3.63) is 0 Å². The van der Waals surface area contributed by atoms with Crippen LogP contribution in [0.4, 0.5) is 4.79 Å². The molecule has 2 saturated heterocycles. The lowest BCUT2D eigenvalue weighted by atomic mass is 10.2. The number of carbonyl (C=O) groups is 2. The average Bonchev–Trinajstić information content (AvgIpc) is 2.91. The molecule has 3 amide bonds. The van der Waals surface area contributed by atoms with Gasteiger partial charge in [0.05, 0.1) is 6.10 Å². The smallest absolute Gasteiger partial charge is 0.327 e. The molecule has 2 atom stereocenters. The zero-order valence-corrected chi connectivity index (χ0v) is 8.68. The van der Waals surface area contributed by atoms with E-state index in [1.54, 1.807) is 12.0 Å². The number of fused-ring (bicyclic) bond motifs is 1. The van der Waals surface area contributed by atoms with Gasteiger partial charge in [0.1, 0.15) is 6.04 Å². The van der Waals surface area contributed by atoms with Crippen LogP contribution < -0.4 is 0 Å². The Kier molecular flexibility index (Phi) is 1.80. The molecule has 0 radical (unpaired) electrons. The fourth-order valence-corrected chi connectivity index (χ4v) is 2.48. The molecule has 1 saturated carbocycles. The number of hydrogen-bond donors (Lipinski definition) is 0. The second kappa shape index (κ2) is 2.95. The Bertz CT molecular complexity index is 303. The van der Waals surface area contributed by atoms with Crippen molar-refractivity contribution >= 4 is 11.9 Å². The van der Waals surface area contributed by atoms with E-state index in [9.17, 15) is 9.59 Å².